The molecule has 0 radical (unpaired) electrons. The van der Waals surface area contributed by atoms with Crippen molar-refractivity contribution >= 4 is 34.3 Å². The van der Waals surface area contributed by atoms with Gasteiger partial charge in [0, 0.05) is 24.8 Å². The van der Waals surface area contributed by atoms with E-state index in [4.69, 9.17) is 4.52 Å². The van der Waals surface area contributed by atoms with Crippen molar-refractivity contribution in [3.63, 3.8) is 0 Å². The van der Waals surface area contributed by atoms with Gasteiger partial charge in [-0.2, -0.15) is 0 Å². The van der Waals surface area contributed by atoms with Crippen LogP contribution in [0.25, 0.3) is 11.1 Å². The molecule has 2 amide bonds. The van der Waals surface area contributed by atoms with E-state index in [9.17, 15) is 14.0 Å². The Morgan fingerprint density at radius 3 is 2.93 bits per heavy atom. The number of hydrogen-bond donors (Lipinski definition) is 1. The van der Waals surface area contributed by atoms with Crippen LogP contribution in [0.5, 0.6) is 0 Å². The van der Waals surface area contributed by atoms with Gasteiger partial charge in [-0.25, -0.2) is 9.37 Å². The van der Waals surface area contributed by atoms with Crippen molar-refractivity contribution < 1.29 is 18.5 Å². The second-order valence-corrected chi connectivity index (χ2v) is 6.33. The van der Waals surface area contributed by atoms with Gasteiger partial charge in [-0.1, -0.05) is 12.1 Å². The molecular weight excluding hydrogens is 351 g/mol. The first kappa shape index (κ1) is 17.1. The maximum absolute atomic E-state index is 14.4. The molecule has 3 heterocycles. The maximum atomic E-state index is 14.4. The van der Waals surface area contributed by atoms with Gasteiger partial charge in [0.25, 0.3) is 11.6 Å². The molecule has 0 saturated carbocycles. The molecule has 0 spiro atoms. The summed E-state index contributed by atoms with van der Waals surface area (Å²) in [5.41, 5.74) is 1.94. The summed E-state index contributed by atoms with van der Waals surface area (Å²) < 4.78 is 19.5. The fraction of sp³-hybridized carbons (Fsp3) is 0.263. The number of aromatic nitrogens is 2. The summed E-state index contributed by atoms with van der Waals surface area (Å²) in [5, 5.41) is 7.24. The number of amides is 2. The van der Waals surface area contributed by atoms with Gasteiger partial charge in [0.1, 0.15) is 5.82 Å². The van der Waals surface area contributed by atoms with Gasteiger partial charge in [0.05, 0.1) is 22.3 Å². The lowest BCUT2D eigenvalue weighted by molar-refractivity contribution is -0.117. The summed E-state index contributed by atoms with van der Waals surface area (Å²) in [5.74, 6) is -1.06. The Balaban J connectivity index is 1.56. The van der Waals surface area contributed by atoms with Crippen LogP contribution in [0.3, 0.4) is 0 Å². The van der Waals surface area contributed by atoms with Crippen LogP contribution >= 0.6 is 0 Å². The summed E-state index contributed by atoms with van der Waals surface area (Å²) >= 11 is 0. The molecule has 0 aliphatic carbocycles. The number of carbonyl (C=O) groups excluding carboxylic acids is 2. The van der Waals surface area contributed by atoms with Crippen LogP contribution in [-0.4, -0.2) is 28.5 Å². The van der Waals surface area contributed by atoms with Crippen molar-refractivity contribution in [2.75, 3.05) is 16.8 Å². The number of pyridine rings is 1. The molecule has 2 aromatic heterocycles. The zero-order chi connectivity index (χ0) is 19.0. The monoisotopic (exact) mass is 368 g/mol. The first-order valence-electron chi connectivity index (χ1n) is 8.72. The molecule has 3 aromatic rings. The third-order valence-corrected chi connectivity index (χ3v) is 4.57. The van der Waals surface area contributed by atoms with Gasteiger partial charge in [0.15, 0.2) is 0 Å². The molecule has 1 N–H and O–H groups in total. The van der Waals surface area contributed by atoms with E-state index in [0.717, 1.165) is 12.1 Å². The molecule has 0 unspecified atom stereocenters. The Bertz CT molecular complexity index is 1050. The van der Waals surface area contributed by atoms with E-state index in [0.29, 0.717) is 41.7 Å². The lowest BCUT2D eigenvalue weighted by Crippen LogP contribution is -2.24. The second kappa shape index (κ2) is 6.79. The Morgan fingerprint density at radius 2 is 2.22 bits per heavy atom. The van der Waals surface area contributed by atoms with Crippen LogP contribution in [-0.2, 0) is 11.2 Å². The van der Waals surface area contributed by atoms with Crippen LogP contribution in [0.4, 0.5) is 15.8 Å². The minimum Gasteiger partial charge on any atom is -0.336 e. The quantitative estimate of drug-likeness (QED) is 0.763. The summed E-state index contributed by atoms with van der Waals surface area (Å²) in [6.45, 7) is 2.44. The van der Waals surface area contributed by atoms with Crippen LogP contribution in [0.15, 0.2) is 35.0 Å². The molecule has 27 heavy (non-hydrogen) atoms. The number of nitrogens with one attached hydrogen (secondary N) is 1. The Morgan fingerprint density at radius 1 is 1.37 bits per heavy atom. The van der Waals surface area contributed by atoms with Crippen LogP contribution in [0.2, 0.25) is 0 Å². The minimum atomic E-state index is -0.552. The zero-order valence-corrected chi connectivity index (χ0v) is 14.7. The van der Waals surface area contributed by atoms with E-state index in [1.165, 1.54) is 23.2 Å². The molecule has 8 heteroatoms. The predicted octanol–water partition coefficient (Wildman–Crippen LogP) is 3.30. The standard InChI is InChI=1S/C19H17FN4O3/c1-2-15-13-8-11(10-21-19(13)27-23-15)18(26)22-12-5-6-16(14(20)9-12)24-7-3-4-17(24)25/h5-6,8-10H,2-4,7H2,1H3,(H,22,26). The van der Waals surface area contributed by atoms with E-state index in [1.54, 1.807) is 12.1 Å². The lowest BCUT2D eigenvalue weighted by atomic mass is 10.1. The van der Waals surface area contributed by atoms with E-state index in [2.05, 4.69) is 15.5 Å². The molecule has 7 nitrogen and oxygen atoms in total. The SMILES string of the molecule is CCc1noc2ncc(C(=O)Nc3ccc(N4CCCC4=O)c(F)c3)cc12. The average Bonchev–Trinajstić information content (AvgIpc) is 3.27. The molecule has 1 aliphatic heterocycles. The minimum absolute atomic E-state index is 0.0921. The molecule has 0 bridgehead atoms. The fourth-order valence-corrected chi connectivity index (χ4v) is 3.17. The highest BCUT2D eigenvalue weighted by atomic mass is 19.1. The number of halogens is 1. The summed E-state index contributed by atoms with van der Waals surface area (Å²) in [6.07, 6.45) is 3.18. The lowest BCUT2D eigenvalue weighted by Gasteiger charge is -2.17. The van der Waals surface area contributed by atoms with Crippen LogP contribution in [0.1, 0.15) is 35.8 Å². The van der Waals surface area contributed by atoms with Crippen molar-refractivity contribution in [1.82, 2.24) is 10.1 Å². The second-order valence-electron chi connectivity index (χ2n) is 6.33. The molecule has 1 aliphatic rings. The Hall–Kier alpha value is -3.29. The normalized spacial score (nSPS) is 14.1. The number of rotatable bonds is 4. The summed E-state index contributed by atoms with van der Waals surface area (Å²) in [4.78, 5) is 29.8. The molecule has 4 rings (SSSR count). The van der Waals surface area contributed by atoms with E-state index in [1.807, 2.05) is 6.92 Å². The maximum Gasteiger partial charge on any atom is 0.257 e. The highest BCUT2D eigenvalue weighted by Crippen LogP contribution is 2.27. The van der Waals surface area contributed by atoms with E-state index in [-0.39, 0.29) is 11.6 Å². The van der Waals surface area contributed by atoms with Crippen LogP contribution < -0.4 is 10.2 Å². The zero-order valence-electron chi connectivity index (χ0n) is 14.7. The number of carbonyl (C=O) groups is 2. The summed E-state index contributed by atoms with van der Waals surface area (Å²) in [7, 11) is 0. The van der Waals surface area contributed by atoms with Crippen molar-refractivity contribution in [2.45, 2.75) is 26.2 Å². The van der Waals surface area contributed by atoms with Crippen molar-refractivity contribution in [1.29, 1.82) is 0 Å². The number of benzene rings is 1. The number of fused-ring (bicyclic) bond motifs is 1. The van der Waals surface area contributed by atoms with Gasteiger partial charge < -0.3 is 14.7 Å². The van der Waals surface area contributed by atoms with E-state index < -0.39 is 11.7 Å². The fourth-order valence-electron chi connectivity index (χ4n) is 3.17. The van der Waals surface area contributed by atoms with Gasteiger partial charge in [-0.05, 0) is 37.1 Å². The van der Waals surface area contributed by atoms with Gasteiger partial charge in [0.2, 0.25) is 5.91 Å². The van der Waals surface area contributed by atoms with Crippen molar-refractivity contribution in [3.8, 4) is 0 Å². The van der Waals surface area contributed by atoms with Gasteiger partial charge in [-0.3, -0.25) is 9.59 Å². The third kappa shape index (κ3) is 3.14. The van der Waals surface area contributed by atoms with E-state index >= 15 is 0 Å². The predicted molar refractivity (Wildman–Crippen MR) is 97.1 cm³/mol. The summed E-state index contributed by atoms with van der Waals surface area (Å²) in [6, 6.07) is 5.94. The Kier molecular flexibility index (Phi) is 4.31. The number of nitrogens with zero attached hydrogens (tertiary/aromatic N) is 3. The molecule has 138 valence electrons. The first-order valence-corrected chi connectivity index (χ1v) is 8.72. The smallest absolute Gasteiger partial charge is 0.257 e. The highest BCUT2D eigenvalue weighted by Gasteiger charge is 2.24. The Labute approximate surface area is 154 Å². The largest absolute Gasteiger partial charge is 0.336 e. The van der Waals surface area contributed by atoms with Crippen molar-refractivity contribution in [3.05, 3.63) is 47.5 Å². The first-order chi connectivity index (χ1) is 13.1. The van der Waals surface area contributed by atoms with Crippen molar-refractivity contribution in [2.24, 2.45) is 0 Å². The van der Waals surface area contributed by atoms with Gasteiger partial charge in [-0.15, -0.1) is 0 Å². The average molecular weight is 368 g/mol. The molecule has 1 aromatic carbocycles. The number of hydrogen-bond acceptors (Lipinski definition) is 5. The molecule has 1 saturated heterocycles. The highest BCUT2D eigenvalue weighted by molar-refractivity contribution is 6.06. The number of aryl methyl sites for hydroxylation is 1. The van der Waals surface area contributed by atoms with Gasteiger partial charge >= 0.3 is 0 Å². The molecular formula is C19H17FN4O3. The molecule has 1 fully saturated rings. The third-order valence-electron chi connectivity index (χ3n) is 4.57. The number of anilines is 2. The topological polar surface area (TPSA) is 88.3 Å². The molecule has 0 atom stereocenters. The van der Waals surface area contributed by atoms with Crippen LogP contribution in [0, 0.1) is 5.82 Å².